The number of benzene rings is 3. The quantitative estimate of drug-likeness (QED) is 0.650. The fraction of sp³-hybridized carbons (Fsp3) is 0.125. The Hall–Kier alpha value is -3.73. The molecule has 0 unspecified atom stereocenters. The molecule has 4 rings (SSSR count). The summed E-state index contributed by atoms with van der Waals surface area (Å²) in [7, 11) is 2.92. The second-order valence-electron chi connectivity index (χ2n) is 6.61. The number of carbonyl (C=O) groups is 1. The molecule has 0 spiro atoms. The summed E-state index contributed by atoms with van der Waals surface area (Å²) in [6, 6.07) is 20.1. The van der Waals surface area contributed by atoms with Crippen molar-refractivity contribution in [2.24, 2.45) is 0 Å². The molecule has 0 radical (unpaired) electrons. The highest BCUT2D eigenvalue weighted by Gasteiger charge is 2.32. The standard InChI is InChI=1S/C24H20O5/c1-27-20-13-15(14-21(28-2)23(20)26)12-18-22(25)17-10-6-7-11-19(17)29-24(18)16-8-4-3-5-9-16/h3-14,24,26H,1-2H3/b18-12-/t24-/m0/s1. The van der Waals surface area contributed by atoms with Crippen molar-refractivity contribution in [2.45, 2.75) is 6.10 Å². The maximum absolute atomic E-state index is 13.3. The van der Waals surface area contributed by atoms with Gasteiger partial charge in [0.2, 0.25) is 5.75 Å². The lowest BCUT2D eigenvalue weighted by molar-refractivity contribution is 0.0963. The Morgan fingerprint density at radius 2 is 1.55 bits per heavy atom. The highest BCUT2D eigenvalue weighted by atomic mass is 16.5. The highest BCUT2D eigenvalue weighted by Crippen LogP contribution is 2.41. The normalized spacial score (nSPS) is 16.8. The zero-order valence-corrected chi connectivity index (χ0v) is 16.1. The topological polar surface area (TPSA) is 65.0 Å². The molecule has 0 bridgehead atoms. The molecule has 5 heteroatoms. The van der Waals surface area contributed by atoms with E-state index in [2.05, 4.69) is 0 Å². The Balaban J connectivity index is 1.88. The Bertz CT molecular complexity index is 1060. The van der Waals surface area contributed by atoms with Crippen molar-refractivity contribution in [3.63, 3.8) is 0 Å². The molecule has 1 heterocycles. The third-order valence-corrected chi connectivity index (χ3v) is 4.85. The summed E-state index contributed by atoms with van der Waals surface area (Å²) < 4.78 is 16.7. The van der Waals surface area contributed by atoms with Crippen LogP contribution in [-0.2, 0) is 0 Å². The molecule has 0 saturated heterocycles. The zero-order valence-electron chi connectivity index (χ0n) is 16.1. The van der Waals surface area contributed by atoms with Gasteiger partial charge in [-0.15, -0.1) is 0 Å². The van der Waals surface area contributed by atoms with Gasteiger partial charge in [0.15, 0.2) is 23.4 Å². The van der Waals surface area contributed by atoms with Gasteiger partial charge < -0.3 is 19.3 Å². The van der Waals surface area contributed by atoms with Gasteiger partial charge in [0.05, 0.1) is 19.8 Å². The van der Waals surface area contributed by atoms with E-state index in [9.17, 15) is 9.90 Å². The van der Waals surface area contributed by atoms with E-state index in [0.29, 0.717) is 22.4 Å². The van der Waals surface area contributed by atoms with Crippen molar-refractivity contribution in [1.82, 2.24) is 0 Å². The van der Waals surface area contributed by atoms with Crippen molar-refractivity contribution >= 4 is 11.9 Å². The molecule has 0 saturated carbocycles. The molecule has 1 N–H and O–H groups in total. The van der Waals surface area contributed by atoms with E-state index in [4.69, 9.17) is 14.2 Å². The van der Waals surface area contributed by atoms with Crippen LogP contribution in [0, 0.1) is 0 Å². The smallest absolute Gasteiger partial charge is 0.200 e. The zero-order chi connectivity index (χ0) is 20.4. The lowest BCUT2D eigenvalue weighted by Gasteiger charge is -2.28. The third kappa shape index (κ3) is 3.43. The summed E-state index contributed by atoms with van der Waals surface area (Å²) in [5.74, 6) is 0.887. The molecule has 29 heavy (non-hydrogen) atoms. The number of hydrogen-bond donors (Lipinski definition) is 1. The predicted octanol–water partition coefficient (Wildman–Crippen LogP) is 4.81. The summed E-state index contributed by atoms with van der Waals surface area (Å²) in [6.07, 6.45) is 1.20. The molecule has 1 aliphatic heterocycles. The second kappa shape index (κ2) is 7.72. The summed E-state index contributed by atoms with van der Waals surface area (Å²) in [5.41, 5.74) is 2.54. The summed E-state index contributed by atoms with van der Waals surface area (Å²) in [4.78, 5) is 13.3. The summed E-state index contributed by atoms with van der Waals surface area (Å²) in [5, 5.41) is 10.2. The van der Waals surface area contributed by atoms with Gasteiger partial charge in [-0.25, -0.2) is 0 Å². The SMILES string of the molecule is COc1cc(/C=C2/C(=O)c3ccccc3O[C@H]2c2ccccc2)cc(OC)c1O. The van der Waals surface area contributed by atoms with Crippen LogP contribution in [0.15, 0.2) is 72.3 Å². The third-order valence-electron chi connectivity index (χ3n) is 4.85. The van der Waals surface area contributed by atoms with E-state index in [0.717, 1.165) is 5.56 Å². The first-order valence-electron chi connectivity index (χ1n) is 9.14. The van der Waals surface area contributed by atoms with Gasteiger partial charge >= 0.3 is 0 Å². The first kappa shape index (κ1) is 18.6. The molecule has 0 aromatic heterocycles. The van der Waals surface area contributed by atoms with Gasteiger partial charge in [0.1, 0.15) is 5.75 Å². The fourth-order valence-corrected chi connectivity index (χ4v) is 3.42. The van der Waals surface area contributed by atoms with Crippen LogP contribution in [0.4, 0.5) is 0 Å². The van der Waals surface area contributed by atoms with Crippen LogP contribution < -0.4 is 14.2 Å². The molecule has 3 aromatic carbocycles. The van der Waals surface area contributed by atoms with E-state index in [1.165, 1.54) is 14.2 Å². The van der Waals surface area contributed by atoms with Crippen LogP contribution in [0.2, 0.25) is 0 Å². The number of para-hydroxylation sites is 1. The number of Topliss-reactive ketones (excluding diaryl/α,β-unsaturated/α-hetero) is 1. The molecular weight excluding hydrogens is 368 g/mol. The first-order valence-corrected chi connectivity index (χ1v) is 9.14. The Morgan fingerprint density at radius 3 is 2.21 bits per heavy atom. The van der Waals surface area contributed by atoms with Gasteiger partial charge in [-0.3, -0.25) is 4.79 Å². The number of ether oxygens (including phenoxy) is 3. The Kier molecular flexibility index (Phi) is 4.96. The Morgan fingerprint density at radius 1 is 0.931 bits per heavy atom. The molecule has 1 aliphatic rings. The predicted molar refractivity (Wildman–Crippen MR) is 110 cm³/mol. The summed E-state index contributed by atoms with van der Waals surface area (Å²) in [6.45, 7) is 0. The number of methoxy groups -OCH3 is 2. The molecule has 0 aliphatic carbocycles. The van der Waals surface area contributed by atoms with Crippen molar-refractivity contribution in [3.05, 3.63) is 89.0 Å². The minimum Gasteiger partial charge on any atom is -0.502 e. The Labute approximate surface area is 168 Å². The average molecular weight is 388 g/mol. The van der Waals surface area contributed by atoms with Crippen LogP contribution in [0.5, 0.6) is 23.0 Å². The van der Waals surface area contributed by atoms with E-state index in [1.54, 1.807) is 30.3 Å². The maximum Gasteiger partial charge on any atom is 0.200 e. The highest BCUT2D eigenvalue weighted by molar-refractivity contribution is 6.14. The van der Waals surface area contributed by atoms with E-state index in [1.807, 2.05) is 42.5 Å². The minimum atomic E-state index is -0.551. The van der Waals surface area contributed by atoms with Crippen LogP contribution in [0.25, 0.3) is 6.08 Å². The van der Waals surface area contributed by atoms with Gasteiger partial charge in [-0.2, -0.15) is 0 Å². The van der Waals surface area contributed by atoms with Gasteiger partial charge in [0.25, 0.3) is 0 Å². The van der Waals surface area contributed by atoms with Crippen molar-refractivity contribution in [1.29, 1.82) is 0 Å². The number of rotatable bonds is 4. The van der Waals surface area contributed by atoms with Gasteiger partial charge in [-0.1, -0.05) is 42.5 Å². The minimum absolute atomic E-state index is 0.0895. The van der Waals surface area contributed by atoms with Gasteiger partial charge in [0, 0.05) is 5.57 Å². The molecule has 5 nitrogen and oxygen atoms in total. The number of hydrogen-bond acceptors (Lipinski definition) is 5. The number of ketones is 1. The van der Waals surface area contributed by atoms with E-state index < -0.39 is 6.10 Å². The molecule has 0 fully saturated rings. The van der Waals surface area contributed by atoms with Crippen LogP contribution >= 0.6 is 0 Å². The number of carbonyl (C=O) groups excluding carboxylic acids is 1. The second-order valence-corrected chi connectivity index (χ2v) is 6.61. The number of aromatic hydroxyl groups is 1. The average Bonchev–Trinajstić information content (AvgIpc) is 2.77. The number of phenolic OH excluding ortho intramolecular Hbond substituents is 1. The monoisotopic (exact) mass is 388 g/mol. The molecule has 146 valence electrons. The first-order chi connectivity index (χ1) is 14.1. The number of fused-ring (bicyclic) bond motifs is 1. The molecular formula is C24H20O5. The lowest BCUT2D eigenvalue weighted by atomic mass is 9.89. The van der Waals surface area contributed by atoms with Crippen LogP contribution in [-0.4, -0.2) is 25.1 Å². The lowest BCUT2D eigenvalue weighted by Crippen LogP contribution is -2.23. The molecule has 3 aromatic rings. The van der Waals surface area contributed by atoms with Crippen LogP contribution in [0.3, 0.4) is 0 Å². The van der Waals surface area contributed by atoms with Crippen molar-refractivity contribution in [2.75, 3.05) is 14.2 Å². The number of phenols is 1. The van der Waals surface area contributed by atoms with Crippen molar-refractivity contribution in [3.8, 4) is 23.0 Å². The molecule has 1 atom stereocenters. The van der Waals surface area contributed by atoms with Crippen LogP contribution in [0.1, 0.15) is 27.6 Å². The van der Waals surface area contributed by atoms with E-state index >= 15 is 0 Å². The van der Waals surface area contributed by atoms with Crippen molar-refractivity contribution < 1.29 is 24.1 Å². The van der Waals surface area contributed by atoms with E-state index in [-0.39, 0.29) is 23.0 Å². The maximum atomic E-state index is 13.3. The largest absolute Gasteiger partial charge is 0.502 e. The molecule has 0 amide bonds. The summed E-state index contributed by atoms with van der Waals surface area (Å²) >= 11 is 0. The van der Waals surface area contributed by atoms with Gasteiger partial charge in [-0.05, 0) is 41.5 Å². The fourth-order valence-electron chi connectivity index (χ4n) is 3.42.